The molecule has 3 aromatic rings. The summed E-state index contributed by atoms with van der Waals surface area (Å²) >= 11 is 0. The van der Waals surface area contributed by atoms with Gasteiger partial charge in [0.15, 0.2) is 0 Å². The molecule has 0 atom stereocenters. The van der Waals surface area contributed by atoms with E-state index in [2.05, 4.69) is 26.7 Å². The minimum atomic E-state index is -0.431. The molecule has 0 aliphatic rings. The van der Waals surface area contributed by atoms with Crippen LogP contribution in [0.15, 0.2) is 54.9 Å². The average Bonchev–Trinajstić information content (AvgIpc) is 2.74. The Labute approximate surface area is 161 Å². The number of anilines is 3. The number of ether oxygens (including phenoxy) is 2. The predicted octanol–water partition coefficient (Wildman–Crippen LogP) is 3.36. The van der Waals surface area contributed by atoms with E-state index in [-0.39, 0.29) is 5.69 Å². The second-order valence-corrected chi connectivity index (χ2v) is 5.59. The Morgan fingerprint density at radius 3 is 2.54 bits per heavy atom. The molecule has 0 saturated carbocycles. The third kappa shape index (κ3) is 4.16. The van der Waals surface area contributed by atoms with E-state index in [0.717, 1.165) is 0 Å². The first-order chi connectivity index (χ1) is 13.6. The Morgan fingerprint density at radius 2 is 1.86 bits per heavy atom. The standard InChI is InChI=1S/C20H17N5O3/c1-27-14-7-8-16(18(9-14)28-2)25-20(26)17-11-23-19(12-22-17)24-15-6-4-3-5-13(15)10-21/h3-9,11-12H,1-2H3,(H,23,24)(H,25,26). The van der Waals surface area contributed by atoms with Crippen LogP contribution in [0.3, 0.4) is 0 Å². The van der Waals surface area contributed by atoms with Crippen LogP contribution in [-0.4, -0.2) is 30.1 Å². The van der Waals surface area contributed by atoms with Crippen LogP contribution in [0.25, 0.3) is 0 Å². The molecule has 0 aliphatic carbocycles. The van der Waals surface area contributed by atoms with Crippen LogP contribution in [-0.2, 0) is 0 Å². The number of amides is 1. The number of methoxy groups -OCH3 is 2. The first kappa shape index (κ1) is 18.7. The highest BCUT2D eigenvalue weighted by molar-refractivity contribution is 6.03. The van der Waals surface area contributed by atoms with Crippen LogP contribution in [0, 0.1) is 11.3 Å². The first-order valence-corrected chi connectivity index (χ1v) is 8.26. The second kappa shape index (κ2) is 8.51. The minimum Gasteiger partial charge on any atom is -0.497 e. The van der Waals surface area contributed by atoms with E-state index in [9.17, 15) is 4.79 Å². The molecule has 140 valence electrons. The van der Waals surface area contributed by atoms with Crippen molar-refractivity contribution >= 4 is 23.1 Å². The van der Waals surface area contributed by atoms with Crippen molar-refractivity contribution in [3.05, 3.63) is 66.1 Å². The number of nitrogens with zero attached hydrogens (tertiary/aromatic N) is 3. The predicted molar refractivity (Wildman–Crippen MR) is 104 cm³/mol. The Hall–Kier alpha value is -4.12. The van der Waals surface area contributed by atoms with Gasteiger partial charge in [-0.2, -0.15) is 5.26 Å². The van der Waals surface area contributed by atoms with E-state index in [1.807, 2.05) is 0 Å². The molecule has 0 aliphatic heterocycles. The number of carbonyl (C=O) groups is 1. The van der Waals surface area contributed by atoms with Crippen LogP contribution in [0.4, 0.5) is 17.2 Å². The fourth-order valence-electron chi connectivity index (χ4n) is 2.43. The molecule has 0 spiro atoms. The summed E-state index contributed by atoms with van der Waals surface area (Å²) in [5.41, 5.74) is 1.72. The molecule has 1 aromatic heterocycles. The van der Waals surface area contributed by atoms with Crippen molar-refractivity contribution in [2.45, 2.75) is 0 Å². The molecule has 0 fully saturated rings. The Kier molecular flexibility index (Phi) is 5.67. The van der Waals surface area contributed by atoms with Gasteiger partial charge in [-0.05, 0) is 24.3 Å². The smallest absolute Gasteiger partial charge is 0.275 e. The molecule has 1 amide bonds. The van der Waals surface area contributed by atoms with Gasteiger partial charge in [-0.1, -0.05) is 12.1 Å². The molecule has 0 radical (unpaired) electrons. The van der Waals surface area contributed by atoms with Crippen LogP contribution >= 0.6 is 0 Å². The lowest BCUT2D eigenvalue weighted by Crippen LogP contribution is -2.15. The van der Waals surface area contributed by atoms with Crippen molar-refractivity contribution in [1.82, 2.24) is 9.97 Å². The second-order valence-electron chi connectivity index (χ2n) is 5.59. The maximum atomic E-state index is 12.4. The van der Waals surface area contributed by atoms with Gasteiger partial charge in [0.05, 0.1) is 43.6 Å². The minimum absolute atomic E-state index is 0.136. The summed E-state index contributed by atoms with van der Waals surface area (Å²) in [5, 5.41) is 14.9. The Morgan fingerprint density at radius 1 is 1.04 bits per heavy atom. The van der Waals surface area contributed by atoms with Gasteiger partial charge in [0.1, 0.15) is 29.1 Å². The maximum absolute atomic E-state index is 12.4. The largest absolute Gasteiger partial charge is 0.497 e. The number of carbonyl (C=O) groups excluding carboxylic acids is 1. The SMILES string of the molecule is COc1ccc(NC(=O)c2cnc(Nc3ccccc3C#N)cn2)c(OC)c1. The molecule has 0 bridgehead atoms. The van der Waals surface area contributed by atoms with Crippen molar-refractivity contribution in [3.63, 3.8) is 0 Å². The summed E-state index contributed by atoms with van der Waals surface area (Å²) in [4.78, 5) is 20.8. The van der Waals surface area contributed by atoms with E-state index in [1.165, 1.54) is 19.5 Å². The third-order valence-corrected chi connectivity index (χ3v) is 3.85. The Balaban J connectivity index is 1.73. The van der Waals surface area contributed by atoms with E-state index < -0.39 is 5.91 Å². The van der Waals surface area contributed by atoms with E-state index in [0.29, 0.717) is 34.3 Å². The zero-order valence-corrected chi connectivity index (χ0v) is 15.3. The quantitative estimate of drug-likeness (QED) is 0.680. The van der Waals surface area contributed by atoms with Gasteiger partial charge in [0.25, 0.3) is 5.91 Å². The maximum Gasteiger partial charge on any atom is 0.275 e. The topological polar surface area (TPSA) is 109 Å². The van der Waals surface area contributed by atoms with Crippen LogP contribution in [0.2, 0.25) is 0 Å². The number of rotatable bonds is 6. The number of nitriles is 1. The number of hydrogen-bond donors (Lipinski definition) is 2. The molecular formula is C20H17N5O3. The van der Waals surface area contributed by atoms with Crippen LogP contribution in [0.5, 0.6) is 11.5 Å². The van der Waals surface area contributed by atoms with Crippen LogP contribution < -0.4 is 20.1 Å². The van der Waals surface area contributed by atoms with Crippen molar-refractivity contribution in [2.24, 2.45) is 0 Å². The fraction of sp³-hybridized carbons (Fsp3) is 0.100. The number of benzene rings is 2. The number of hydrogen-bond acceptors (Lipinski definition) is 7. The molecule has 2 N–H and O–H groups in total. The zero-order chi connectivity index (χ0) is 19.9. The van der Waals surface area contributed by atoms with Crippen molar-refractivity contribution in [1.29, 1.82) is 5.26 Å². The lowest BCUT2D eigenvalue weighted by atomic mass is 10.2. The molecule has 2 aromatic carbocycles. The van der Waals surface area contributed by atoms with Crippen molar-refractivity contribution in [2.75, 3.05) is 24.9 Å². The van der Waals surface area contributed by atoms with Gasteiger partial charge in [0.2, 0.25) is 0 Å². The molecule has 8 heteroatoms. The lowest BCUT2D eigenvalue weighted by Gasteiger charge is -2.11. The number of para-hydroxylation sites is 1. The van der Waals surface area contributed by atoms with E-state index in [4.69, 9.17) is 14.7 Å². The molecule has 0 unspecified atom stereocenters. The van der Waals surface area contributed by atoms with Gasteiger partial charge in [-0.3, -0.25) is 4.79 Å². The van der Waals surface area contributed by atoms with Gasteiger partial charge in [-0.15, -0.1) is 0 Å². The normalized spacial score (nSPS) is 9.89. The highest BCUT2D eigenvalue weighted by atomic mass is 16.5. The first-order valence-electron chi connectivity index (χ1n) is 8.26. The molecule has 8 nitrogen and oxygen atoms in total. The third-order valence-electron chi connectivity index (χ3n) is 3.85. The number of nitrogens with one attached hydrogen (secondary N) is 2. The average molecular weight is 375 g/mol. The highest BCUT2D eigenvalue weighted by Gasteiger charge is 2.13. The molecule has 1 heterocycles. The molecule has 28 heavy (non-hydrogen) atoms. The van der Waals surface area contributed by atoms with Gasteiger partial charge in [0, 0.05) is 6.07 Å². The molecule has 0 saturated heterocycles. The van der Waals surface area contributed by atoms with Gasteiger partial charge in [-0.25, -0.2) is 9.97 Å². The fourth-order valence-corrected chi connectivity index (χ4v) is 2.43. The monoisotopic (exact) mass is 375 g/mol. The van der Waals surface area contributed by atoms with E-state index >= 15 is 0 Å². The van der Waals surface area contributed by atoms with Gasteiger partial charge >= 0.3 is 0 Å². The summed E-state index contributed by atoms with van der Waals surface area (Å²) in [6.45, 7) is 0. The summed E-state index contributed by atoms with van der Waals surface area (Å²) in [7, 11) is 3.05. The lowest BCUT2D eigenvalue weighted by molar-refractivity contribution is 0.102. The molecule has 3 rings (SSSR count). The highest BCUT2D eigenvalue weighted by Crippen LogP contribution is 2.29. The summed E-state index contributed by atoms with van der Waals surface area (Å²) in [6, 6.07) is 14.2. The zero-order valence-electron chi connectivity index (χ0n) is 15.3. The summed E-state index contributed by atoms with van der Waals surface area (Å²) in [6.07, 6.45) is 2.77. The summed E-state index contributed by atoms with van der Waals surface area (Å²) < 4.78 is 10.4. The van der Waals surface area contributed by atoms with E-state index in [1.54, 1.807) is 49.6 Å². The van der Waals surface area contributed by atoms with Crippen molar-refractivity contribution in [3.8, 4) is 17.6 Å². The summed E-state index contributed by atoms with van der Waals surface area (Å²) in [5.74, 6) is 1.07. The Bertz CT molecular complexity index is 1030. The molecular weight excluding hydrogens is 358 g/mol. The van der Waals surface area contributed by atoms with Crippen LogP contribution in [0.1, 0.15) is 16.1 Å². The number of aromatic nitrogens is 2. The van der Waals surface area contributed by atoms with Crippen molar-refractivity contribution < 1.29 is 14.3 Å². The van der Waals surface area contributed by atoms with Gasteiger partial charge < -0.3 is 20.1 Å².